The van der Waals surface area contributed by atoms with Gasteiger partial charge in [0.25, 0.3) is 5.91 Å². The fraction of sp³-hybridized carbons (Fsp3) is 0.406. The van der Waals surface area contributed by atoms with Crippen LogP contribution in [0, 0.1) is 11.8 Å². The van der Waals surface area contributed by atoms with E-state index in [-0.39, 0.29) is 36.6 Å². The topological polar surface area (TPSA) is 137 Å². The van der Waals surface area contributed by atoms with Gasteiger partial charge in [-0.2, -0.15) is 0 Å². The number of rotatable bonds is 11. The molecule has 1 fully saturated rings. The lowest BCUT2D eigenvalue weighted by atomic mass is 9.88. The van der Waals surface area contributed by atoms with Gasteiger partial charge in [0, 0.05) is 46.3 Å². The molecule has 9 nitrogen and oxygen atoms in total. The lowest BCUT2D eigenvalue weighted by Gasteiger charge is -2.28. The summed E-state index contributed by atoms with van der Waals surface area (Å²) in [5, 5.41) is 9.60. The van der Waals surface area contributed by atoms with Crippen molar-refractivity contribution in [3.63, 3.8) is 0 Å². The highest BCUT2D eigenvalue weighted by atomic mass is 35.5. The summed E-state index contributed by atoms with van der Waals surface area (Å²) in [4.78, 5) is 69.1. The van der Waals surface area contributed by atoms with Crippen molar-refractivity contribution in [3.8, 4) is 0 Å². The monoisotopic (exact) mass is 626 g/mol. The van der Waals surface area contributed by atoms with E-state index in [1.807, 2.05) is 30.3 Å². The summed E-state index contributed by atoms with van der Waals surface area (Å²) >= 11 is 12.4. The van der Waals surface area contributed by atoms with Crippen LogP contribution in [-0.4, -0.2) is 52.4 Å². The summed E-state index contributed by atoms with van der Waals surface area (Å²) in [7, 11) is 0. The first-order valence-electron chi connectivity index (χ1n) is 14.3. The van der Waals surface area contributed by atoms with E-state index in [0.717, 1.165) is 12.0 Å². The molecule has 3 amide bonds. The van der Waals surface area contributed by atoms with E-state index >= 15 is 0 Å². The Kier molecular flexibility index (Phi) is 10.3. The van der Waals surface area contributed by atoms with Crippen molar-refractivity contribution >= 4 is 63.4 Å². The highest BCUT2D eigenvalue weighted by Gasteiger charge is 2.36. The molecule has 2 heterocycles. The van der Waals surface area contributed by atoms with Gasteiger partial charge in [0.2, 0.25) is 17.6 Å². The molecule has 3 atom stereocenters. The first kappa shape index (κ1) is 32.2. The minimum atomic E-state index is -1.24. The van der Waals surface area contributed by atoms with Gasteiger partial charge in [0.05, 0.1) is 16.8 Å². The Bertz CT molecular complexity index is 1530. The van der Waals surface area contributed by atoms with Crippen LogP contribution >= 0.6 is 23.2 Å². The zero-order chi connectivity index (χ0) is 31.3. The largest absolute Gasteiger partial charge is 0.356 e. The van der Waals surface area contributed by atoms with E-state index < -0.39 is 41.0 Å². The number of hydrogen-bond donors (Lipinski definition) is 4. The van der Waals surface area contributed by atoms with E-state index in [9.17, 15) is 24.0 Å². The Morgan fingerprint density at radius 1 is 1.05 bits per heavy atom. The summed E-state index contributed by atoms with van der Waals surface area (Å²) in [6, 6.07) is 12.8. The molecule has 0 radical (unpaired) electrons. The van der Waals surface area contributed by atoms with Gasteiger partial charge >= 0.3 is 0 Å². The second kappa shape index (κ2) is 13.7. The van der Waals surface area contributed by atoms with E-state index in [1.54, 1.807) is 39.0 Å². The first-order chi connectivity index (χ1) is 20.3. The van der Waals surface area contributed by atoms with Crippen LogP contribution in [0.3, 0.4) is 0 Å². The van der Waals surface area contributed by atoms with Crippen molar-refractivity contribution in [1.82, 2.24) is 20.9 Å². The number of ketones is 2. The van der Waals surface area contributed by atoms with E-state index in [0.29, 0.717) is 33.9 Å². The zero-order valence-corrected chi connectivity index (χ0v) is 25.9. The fourth-order valence-corrected chi connectivity index (χ4v) is 5.77. The summed E-state index contributed by atoms with van der Waals surface area (Å²) < 4.78 is 0. The summed E-state index contributed by atoms with van der Waals surface area (Å²) in [6.45, 7) is 5.77. The molecule has 3 aromatic rings. The highest BCUT2D eigenvalue weighted by Crippen LogP contribution is 2.29. The number of nitrogens with one attached hydrogen (secondary N) is 4. The molecule has 0 unspecified atom stereocenters. The number of aromatic amines is 1. The van der Waals surface area contributed by atoms with Gasteiger partial charge in [-0.3, -0.25) is 24.0 Å². The molecule has 0 aliphatic carbocycles. The van der Waals surface area contributed by atoms with Crippen molar-refractivity contribution in [2.24, 2.45) is 11.8 Å². The number of hydrogen-bond acceptors (Lipinski definition) is 5. The number of aromatic nitrogens is 1. The van der Waals surface area contributed by atoms with Gasteiger partial charge in [0.1, 0.15) is 0 Å². The minimum absolute atomic E-state index is 0.0265. The molecule has 1 saturated heterocycles. The van der Waals surface area contributed by atoms with Gasteiger partial charge in [-0.25, -0.2) is 0 Å². The van der Waals surface area contributed by atoms with Crippen LogP contribution in [0.2, 0.25) is 10.0 Å². The molecule has 43 heavy (non-hydrogen) atoms. The molecule has 1 aliphatic rings. The van der Waals surface area contributed by atoms with Crippen molar-refractivity contribution in [2.45, 2.75) is 64.5 Å². The molecule has 0 saturated carbocycles. The Morgan fingerprint density at radius 3 is 2.44 bits per heavy atom. The fourth-order valence-electron chi connectivity index (χ4n) is 5.23. The molecule has 0 spiro atoms. The zero-order valence-electron chi connectivity index (χ0n) is 24.4. The number of carbonyl (C=O) groups excluding carboxylic acids is 5. The molecule has 11 heteroatoms. The number of Topliss-reactive ketones (excluding diaryl/α,β-unsaturated/α-hetero) is 2. The number of piperidine rings is 1. The lowest BCUT2D eigenvalue weighted by molar-refractivity contribution is -0.142. The van der Waals surface area contributed by atoms with Crippen molar-refractivity contribution in [1.29, 1.82) is 0 Å². The van der Waals surface area contributed by atoms with Gasteiger partial charge in [-0.05, 0) is 70.2 Å². The van der Waals surface area contributed by atoms with Gasteiger partial charge in [0.15, 0.2) is 5.78 Å². The normalized spacial score (nSPS) is 16.7. The highest BCUT2D eigenvalue weighted by molar-refractivity contribution is 6.39. The summed E-state index contributed by atoms with van der Waals surface area (Å²) in [6.07, 6.45) is 1.26. The van der Waals surface area contributed by atoms with Crippen LogP contribution in [0.5, 0.6) is 0 Å². The van der Waals surface area contributed by atoms with Crippen molar-refractivity contribution in [2.75, 3.05) is 6.54 Å². The Labute approximate surface area is 260 Å². The third-order valence-corrected chi connectivity index (χ3v) is 7.88. The molecule has 4 N–H and O–H groups in total. The number of fused-ring (bicyclic) bond motifs is 1. The average Bonchev–Trinajstić information content (AvgIpc) is 3.37. The van der Waals surface area contributed by atoms with E-state index in [2.05, 4.69) is 20.9 Å². The summed E-state index contributed by atoms with van der Waals surface area (Å²) in [5.41, 5.74) is 0.993. The number of H-pyrrole nitrogens is 1. The van der Waals surface area contributed by atoms with Crippen LogP contribution in [0.4, 0.5) is 0 Å². The maximum absolute atomic E-state index is 13.8. The van der Waals surface area contributed by atoms with Gasteiger partial charge in [-0.15, -0.1) is 0 Å². The molecular formula is C32H36Cl2N4O5. The molecule has 2 aromatic carbocycles. The second-order valence-corrected chi connectivity index (χ2v) is 12.9. The molecule has 228 valence electrons. The van der Waals surface area contributed by atoms with Gasteiger partial charge in [-0.1, -0.05) is 53.5 Å². The predicted octanol–water partition coefficient (Wildman–Crippen LogP) is 4.79. The third kappa shape index (κ3) is 8.67. The Balaban J connectivity index is 1.60. The maximum Gasteiger partial charge on any atom is 0.290 e. The molecular weight excluding hydrogens is 591 g/mol. The number of benzene rings is 2. The maximum atomic E-state index is 13.8. The smallest absolute Gasteiger partial charge is 0.290 e. The van der Waals surface area contributed by atoms with E-state index in [4.69, 9.17) is 23.2 Å². The molecule has 4 rings (SSSR count). The van der Waals surface area contributed by atoms with E-state index in [1.165, 1.54) is 0 Å². The second-order valence-electron chi connectivity index (χ2n) is 12.0. The molecule has 1 aromatic heterocycles. The van der Waals surface area contributed by atoms with Crippen LogP contribution in [0.1, 0.15) is 62.5 Å². The van der Waals surface area contributed by atoms with Crippen LogP contribution in [-0.2, 0) is 25.6 Å². The van der Waals surface area contributed by atoms with Crippen LogP contribution in [0.25, 0.3) is 10.9 Å². The van der Waals surface area contributed by atoms with Crippen molar-refractivity contribution < 1.29 is 24.0 Å². The third-order valence-electron chi connectivity index (χ3n) is 7.35. The predicted molar refractivity (Wildman–Crippen MR) is 166 cm³/mol. The number of carbonyl (C=O) groups is 5. The van der Waals surface area contributed by atoms with Gasteiger partial charge < -0.3 is 20.9 Å². The quantitative estimate of drug-likeness (QED) is 0.179. The Morgan fingerprint density at radius 2 is 1.77 bits per heavy atom. The SMILES string of the molecule is CC(C)(C)NC(=O)C(=O)[C@H](C[C@@H]1CCCNC1=O)NC(=O)[C@@H](CC(=O)c1cc2c(Cl)cc(Cl)cc2[nH]1)Cc1ccccc1. The average molecular weight is 628 g/mol. The standard InChI is InChI=1S/C32H36Cl2N4O5/c1-32(2,3)38-31(43)28(40)26(13-19-10-7-11-35-29(19)41)37-30(42)20(12-18-8-5-4-6-9-18)14-27(39)25-17-22-23(34)15-21(33)16-24(22)36-25/h4-6,8-9,15-17,19-20,26,36H,7,10-14H2,1-3H3,(H,35,41)(H,37,42)(H,38,43)/t19-,20+,26-/m0/s1. The van der Waals surface area contributed by atoms with Crippen molar-refractivity contribution in [3.05, 3.63) is 69.8 Å². The van der Waals surface area contributed by atoms with Crippen LogP contribution in [0.15, 0.2) is 48.5 Å². The number of amides is 3. The Hall–Kier alpha value is -3.69. The summed E-state index contributed by atoms with van der Waals surface area (Å²) in [5.74, 6) is -4.22. The molecule has 1 aliphatic heterocycles. The van der Waals surface area contributed by atoms with Crippen LogP contribution < -0.4 is 16.0 Å². The minimum Gasteiger partial charge on any atom is -0.356 e. The number of halogens is 2. The lowest BCUT2D eigenvalue weighted by Crippen LogP contribution is -2.54. The first-order valence-corrected chi connectivity index (χ1v) is 15.1. The molecule has 0 bridgehead atoms.